The van der Waals surface area contributed by atoms with Crippen molar-refractivity contribution < 1.29 is 26.6 Å². The van der Waals surface area contributed by atoms with Gasteiger partial charge in [0.15, 0.2) is 18.2 Å². The lowest BCUT2D eigenvalue weighted by molar-refractivity contribution is -0.690. The maximum atomic E-state index is 8.34. The Morgan fingerprint density at radius 1 is 1.31 bits per heavy atom. The fourth-order valence-electron chi connectivity index (χ4n) is 1.31. The Labute approximate surface area is 99.2 Å². The van der Waals surface area contributed by atoms with E-state index in [9.17, 15) is 0 Å². The number of rotatable bonds is 3. The maximum absolute atomic E-state index is 8.34. The Bertz CT molecular complexity index is 438. The molecule has 84 valence electrons. The highest BCUT2D eigenvalue weighted by Crippen LogP contribution is 1.99. The lowest BCUT2D eigenvalue weighted by Gasteiger charge is -1.93. The molecule has 0 aromatic carbocycles. The standard InChI is InChI=1S/C11H10N2O2.ClH/c14-12-8-10-3-5-13(6-4-10)9-11-2-1-7-15-11;/h1-8H,9H2;1H. The molecule has 0 saturated carbocycles. The van der Waals surface area contributed by atoms with Crippen LogP contribution in [0.1, 0.15) is 11.3 Å². The SMILES string of the molecule is O/N=C/c1cc[n+](Cc2ccco2)cc1.[Cl-]. The molecule has 0 aliphatic carbocycles. The van der Waals surface area contributed by atoms with Gasteiger partial charge in [0.1, 0.15) is 0 Å². The second-order valence-electron chi connectivity index (χ2n) is 3.13. The molecular formula is C11H11ClN2O2. The Hall–Kier alpha value is -1.81. The lowest BCUT2D eigenvalue weighted by Crippen LogP contribution is -3.00. The van der Waals surface area contributed by atoms with Crippen molar-refractivity contribution in [3.8, 4) is 0 Å². The molecule has 2 heterocycles. The van der Waals surface area contributed by atoms with E-state index in [0.29, 0.717) is 6.54 Å². The van der Waals surface area contributed by atoms with Crippen molar-refractivity contribution in [1.29, 1.82) is 0 Å². The quantitative estimate of drug-likeness (QED) is 0.304. The smallest absolute Gasteiger partial charge is 0.205 e. The molecule has 0 saturated heterocycles. The number of hydrogen-bond donors (Lipinski definition) is 1. The molecule has 0 unspecified atom stereocenters. The summed E-state index contributed by atoms with van der Waals surface area (Å²) in [7, 11) is 0. The minimum Gasteiger partial charge on any atom is -1.00 e. The summed E-state index contributed by atoms with van der Waals surface area (Å²) in [5, 5.41) is 11.3. The van der Waals surface area contributed by atoms with E-state index < -0.39 is 0 Å². The molecule has 0 atom stereocenters. The third kappa shape index (κ3) is 3.10. The van der Waals surface area contributed by atoms with Gasteiger partial charge in [-0.05, 0) is 12.1 Å². The third-order valence-corrected chi connectivity index (χ3v) is 2.04. The van der Waals surface area contributed by atoms with Crippen LogP contribution < -0.4 is 17.0 Å². The number of nitrogens with zero attached hydrogens (tertiary/aromatic N) is 2. The van der Waals surface area contributed by atoms with Gasteiger partial charge in [-0.1, -0.05) is 5.16 Å². The molecule has 0 spiro atoms. The van der Waals surface area contributed by atoms with Gasteiger partial charge in [0.05, 0.1) is 12.5 Å². The Kier molecular flexibility index (Phi) is 4.54. The van der Waals surface area contributed by atoms with Crippen LogP contribution in [0.2, 0.25) is 0 Å². The van der Waals surface area contributed by atoms with Crippen LogP contribution in [0.3, 0.4) is 0 Å². The summed E-state index contributed by atoms with van der Waals surface area (Å²) in [5.41, 5.74) is 0.855. The van der Waals surface area contributed by atoms with Crippen molar-refractivity contribution in [2.75, 3.05) is 0 Å². The minimum atomic E-state index is 0. The number of aromatic nitrogens is 1. The number of hydrogen-bond acceptors (Lipinski definition) is 3. The van der Waals surface area contributed by atoms with E-state index in [1.54, 1.807) is 6.26 Å². The third-order valence-electron chi connectivity index (χ3n) is 2.04. The molecule has 0 aliphatic rings. The van der Waals surface area contributed by atoms with Gasteiger partial charge in [-0.3, -0.25) is 0 Å². The van der Waals surface area contributed by atoms with Gasteiger partial charge in [0.25, 0.3) is 0 Å². The van der Waals surface area contributed by atoms with Crippen LogP contribution in [0.25, 0.3) is 0 Å². The van der Waals surface area contributed by atoms with Crippen LogP contribution >= 0.6 is 0 Å². The van der Waals surface area contributed by atoms with Gasteiger partial charge in [-0.25, -0.2) is 0 Å². The van der Waals surface area contributed by atoms with Gasteiger partial charge >= 0.3 is 0 Å². The predicted molar refractivity (Wildman–Crippen MR) is 53.8 cm³/mol. The first kappa shape index (κ1) is 12.3. The van der Waals surface area contributed by atoms with E-state index in [-0.39, 0.29) is 12.4 Å². The summed E-state index contributed by atoms with van der Waals surface area (Å²) in [6, 6.07) is 7.52. The van der Waals surface area contributed by atoms with Crippen molar-refractivity contribution in [3.05, 3.63) is 54.2 Å². The summed E-state index contributed by atoms with van der Waals surface area (Å²) >= 11 is 0. The van der Waals surface area contributed by atoms with Crippen molar-refractivity contribution in [3.63, 3.8) is 0 Å². The predicted octanol–water partition coefficient (Wildman–Crippen LogP) is -1.57. The van der Waals surface area contributed by atoms with Gasteiger partial charge in [-0.2, -0.15) is 4.57 Å². The van der Waals surface area contributed by atoms with Crippen molar-refractivity contribution in [2.24, 2.45) is 5.16 Å². The molecule has 0 fully saturated rings. The second kappa shape index (κ2) is 5.92. The van der Waals surface area contributed by atoms with Crippen molar-refractivity contribution in [2.45, 2.75) is 6.54 Å². The van der Waals surface area contributed by atoms with Crippen LogP contribution in [0, 0.1) is 0 Å². The molecule has 0 radical (unpaired) electrons. The molecule has 2 aromatic heterocycles. The van der Waals surface area contributed by atoms with E-state index in [1.807, 2.05) is 41.2 Å². The average molecular weight is 239 g/mol. The largest absolute Gasteiger partial charge is 1.00 e. The molecule has 0 aliphatic heterocycles. The fourth-order valence-corrected chi connectivity index (χ4v) is 1.31. The molecular weight excluding hydrogens is 228 g/mol. The first-order valence-corrected chi connectivity index (χ1v) is 4.57. The first-order chi connectivity index (χ1) is 7.38. The fraction of sp³-hybridized carbons (Fsp3) is 0.0909. The normalized spacial score (nSPS) is 10.2. The molecule has 1 N–H and O–H groups in total. The Balaban J connectivity index is 0.00000128. The van der Waals surface area contributed by atoms with Crippen LogP contribution in [0.15, 0.2) is 52.5 Å². The van der Waals surface area contributed by atoms with E-state index in [4.69, 9.17) is 9.62 Å². The zero-order chi connectivity index (χ0) is 10.5. The highest BCUT2D eigenvalue weighted by Gasteiger charge is 2.03. The van der Waals surface area contributed by atoms with Crippen LogP contribution in [0.5, 0.6) is 0 Å². The maximum Gasteiger partial charge on any atom is 0.205 e. The monoisotopic (exact) mass is 238 g/mol. The van der Waals surface area contributed by atoms with E-state index in [2.05, 4.69) is 5.16 Å². The van der Waals surface area contributed by atoms with Gasteiger partial charge in [0.2, 0.25) is 6.54 Å². The number of halogens is 1. The van der Waals surface area contributed by atoms with Crippen LogP contribution in [-0.4, -0.2) is 11.4 Å². The van der Waals surface area contributed by atoms with Crippen LogP contribution in [-0.2, 0) is 6.54 Å². The van der Waals surface area contributed by atoms with E-state index >= 15 is 0 Å². The highest BCUT2D eigenvalue weighted by molar-refractivity contribution is 5.78. The minimum absolute atomic E-state index is 0. The summed E-state index contributed by atoms with van der Waals surface area (Å²) in [5.74, 6) is 0.906. The number of oxime groups is 1. The average Bonchev–Trinajstić information content (AvgIpc) is 2.74. The van der Waals surface area contributed by atoms with Crippen molar-refractivity contribution in [1.82, 2.24) is 0 Å². The molecule has 2 rings (SSSR count). The second-order valence-corrected chi connectivity index (χ2v) is 3.13. The van der Waals surface area contributed by atoms with Crippen LogP contribution in [0.4, 0.5) is 0 Å². The summed E-state index contributed by atoms with van der Waals surface area (Å²) < 4.78 is 7.21. The van der Waals surface area contributed by atoms with E-state index in [1.165, 1.54) is 6.21 Å². The van der Waals surface area contributed by atoms with Crippen molar-refractivity contribution >= 4 is 6.21 Å². The number of pyridine rings is 1. The molecule has 4 nitrogen and oxygen atoms in total. The Morgan fingerprint density at radius 3 is 2.62 bits per heavy atom. The zero-order valence-corrected chi connectivity index (χ0v) is 9.21. The topological polar surface area (TPSA) is 49.6 Å². The zero-order valence-electron chi connectivity index (χ0n) is 8.45. The summed E-state index contributed by atoms with van der Waals surface area (Å²) in [6.45, 7) is 0.698. The highest BCUT2D eigenvalue weighted by atomic mass is 35.5. The summed E-state index contributed by atoms with van der Waals surface area (Å²) in [6.07, 6.45) is 6.85. The summed E-state index contributed by atoms with van der Waals surface area (Å²) in [4.78, 5) is 0. The van der Waals surface area contributed by atoms with Gasteiger partial charge in [0, 0.05) is 17.7 Å². The Morgan fingerprint density at radius 2 is 2.06 bits per heavy atom. The molecule has 0 bridgehead atoms. The van der Waals surface area contributed by atoms with E-state index in [0.717, 1.165) is 11.3 Å². The molecule has 16 heavy (non-hydrogen) atoms. The lowest BCUT2D eigenvalue weighted by atomic mass is 10.3. The first-order valence-electron chi connectivity index (χ1n) is 4.57. The van der Waals surface area contributed by atoms with Gasteiger partial charge < -0.3 is 22.0 Å². The number of furan rings is 1. The molecule has 5 heteroatoms. The molecule has 0 amide bonds. The molecule has 2 aromatic rings. The van der Waals surface area contributed by atoms with Gasteiger partial charge in [-0.15, -0.1) is 0 Å².